The fraction of sp³-hybridized carbons (Fsp3) is 0.278. The Hall–Kier alpha value is -2.09. The molecule has 0 aromatic heterocycles. The van der Waals surface area contributed by atoms with Crippen LogP contribution in [0.5, 0.6) is 0 Å². The summed E-state index contributed by atoms with van der Waals surface area (Å²) in [6.07, 6.45) is 1.33. The van der Waals surface area contributed by atoms with Crippen LogP contribution in [0.2, 0.25) is 0 Å². The van der Waals surface area contributed by atoms with Crippen molar-refractivity contribution in [1.82, 2.24) is 5.32 Å². The molecule has 20 heavy (non-hydrogen) atoms. The molecule has 0 unspecified atom stereocenters. The predicted octanol–water partition coefficient (Wildman–Crippen LogP) is 3.20. The topological polar surface area (TPSA) is 29.1 Å². The summed E-state index contributed by atoms with van der Waals surface area (Å²) < 4.78 is 0. The SMILES string of the molecule is Cc1ccc(CC(=O)NCCc2ccccc2)cc1C. The van der Waals surface area contributed by atoms with Crippen LogP contribution in [-0.2, 0) is 17.6 Å². The van der Waals surface area contributed by atoms with Crippen LogP contribution in [0, 0.1) is 13.8 Å². The summed E-state index contributed by atoms with van der Waals surface area (Å²) in [4.78, 5) is 11.9. The number of carbonyl (C=O) groups is 1. The quantitative estimate of drug-likeness (QED) is 0.885. The second-order valence-corrected chi connectivity index (χ2v) is 5.18. The Morgan fingerprint density at radius 2 is 1.70 bits per heavy atom. The lowest BCUT2D eigenvalue weighted by Gasteiger charge is -2.07. The van der Waals surface area contributed by atoms with E-state index in [9.17, 15) is 4.79 Å². The van der Waals surface area contributed by atoms with Crippen LogP contribution in [0.25, 0.3) is 0 Å². The van der Waals surface area contributed by atoms with Gasteiger partial charge in [0.2, 0.25) is 5.91 Å². The van der Waals surface area contributed by atoms with Crippen molar-refractivity contribution in [3.8, 4) is 0 Å². The van der Waals surface area contributed by atoms with Gasteiger partial charge in [0.05, 0.1) is 6.42 Å². The van der Waals surface area contributed by atoms with E-state index in [1.54, 1.807) is 0 Å². The van der Waals surface area contributed by atoms with Crippen molar-refractivity contribution in [3.63, 3.8) is 0 Å². The van der Waals surface area contributed by atoms with Crippen molar-refractivity contribution >= 4 is 5.91 Å². The molecule has 1 amide bonds. The number of hydrogen-bond acceptors (Lipinski definition) is 1. The van der Waals surface area contributed by atoms with Gasteiger partial charge < -0.3 is 5.32 Å². The first-order valence-electron chi connectivity index (χ1n) is 7.02. The van der Waals surface area contributed by atoms with Crippen molar-refractivity contribution < 1.29 is 4.79 Å². The highest BCUT2D eigenvalue weighted by atomic mass is 16.1. The number of aryl methyl sites for hydroxylation is 2. The minimum Gasteiger partial charge on any atom is -0.355 e. The molecular weight excluding hydrogens is 246 g/mol. The van der Waals surface area contributed by atoms with Gasteiger partial charge in [-0.25, -0.2) is 0 Å². The van der Waals surface area contributed by atoms with Crippen LogP contribution < -0.4 is 5.32 Å². The van der Waals surface area contributed by atoms with E-state index >= 15 is 0 Å². The number of amides is 1. The first-order chi connectivity index (χ1) is 9.65. The van der Waals surface area contributed by atoms with Crippen molar-refractivity contribution in [3.05, 3.63) is 70.8 Å². The molecule has 0 spiro atoms. The van der Waals surface area contributed by atoms with Gasteiger partial charge in [0.15, 0.2) is 0 Å². The summed E-state index contributed by atoms with van der Waals surface area (Å²) >= 11 is 0. The monoisotopic (exact) mass is 267 g/mol. The van der Waals surface area contributed by atoms with Gasteiger partial charge in [0.1, 0.15) is 0 Å². The maximum Gasteiger partial charge on any atom is 0.224 e. The van der Waals surface area contributed by atoms with Gasteiger partial charge in [-0.15, -0.1) is 0 Å². The molecule has 0 aliphatic heterocycles. The second kappa shape index (κ2) is 6.90. The molecule has 0 heterocycles. The predicted molar refractivity (Wildman–Crippen MR) is 82.8 cm³/mol. The third kappa shape index (κ3) is 4.23. The number of rotatable bonds is 5. The van der Waals surface area contributed by atoms with Crippen molar-refractivity contribution in [2.24, 2.45) is 0 Å². The fourth-order valence-electron chi connectivity index (χ4n) is 2.15. The van der Waals surface area contributed by atoms with Crippen LogP contribution in [-0.4, -0.2) is 12.5 Å². The summed E-state index contributed by atoms with van der Waals surface area (Å²) in [5.41, 5.74) is 4.82. The first-order valence-corrected chi connectivity index (χ1v) is 7.02. The lowest BCUT2D eigenvalue weighted by atomic mass is 10.0. The Morgan fingerprint density at radius 1 is 0.950 bits per heavy atom. The minimum atomic E-state index is 0.0872. The van der Waals surface area contributed by atoms with Crippen LogP contribution in [0.4, 0.5) is 0 Å². The average molecular weight is 267 g/mol. The van der Waals surface area contributed by atoms with E-state index in [1.165, 1.54) is 16.7 Å². The highest BCUT2D eigenvalue weighted by Gasteiger charge is 2.04. The van der Waals surface area contributed by atoms with Gasteiger partial charge in [0, 0.05) is 6.54 Å². The zero-order chi connectivity index (χ0) is 14.4. The van der Waals surface area contributed by atoms with Gasteiger partial charge in [-0.3, -0.25) is 4.79 Å². The summed E-state index contributed by atoms with van der Waals surface area (Å²) in [6, 6.07) is 16.4. The number of hydrogen-bond donors (Lipinski definition) is 1. The largest absolute Gasteiger partial charge is 0.355 e. The Morgan fingerprint density at radius 3 is 2.40 bits per heavy atom. The molecule has 2 rings (SSSR count). The molecule has 2 nitrogen and oxygen atoms in total. The zero-order valence-corrected chi connectivity index (χ0v) is 12.1. The molecule has 0 saturated carbocycles. The summed E-state index contributed by atoms with van der Waals surface area (Å²) in [5.74, 6) is 0.0872. The Balaban J connectivity index is 1.79. The van der Waals surface area contributed by atoms with Gasteiger partial charge in [0.25, 0.3) is 0 Å². The van der Waals surface area contributed by atoms with Crippen molar-refractivity contribution in [2.45, 2.75) is 26.7 Å². The molecular formula is C18H21NO. The van der Waals surface area contributed by atoms with Gasteiger partial charge in [-0.1, -0.05) is 48.5 Å². The van der Waals surface area contributed by atoms with E-state index in [-0.39, 0.29) is 5.91 Å². The second-order valence-electron chi connectivity index (χ2n) is 5.18. The molecule has 0 radical (unpaired) electrons. The Labute approximate surface area is 120 Å². The minimum absolute atomic E-state index is 0.0872. The standard InChI is InChI=1S/C18H21NO/c1-14-8-9-17(12-15(14)2)13-18(20)19-11-10-16-6-4-3-5-7-16/h3-9,12H,10-11,13H2,1-2H3,(H,19,20). The number of benzene rings is 2. The molecule has 1 N–H and O–H groups in total. The third-order valence-corrected chi connectivity index (χ3v) is 3.51. The molecule has 0 aliphatic carbocycles. The maximum absolute atomic E-state index is 11.9. The molecule has 104 valence electrons. The average Bonchev–Trinajstić information content (AvgIpc) is 2.44. The van der Waals surface area contributed by atoms with E-state index in [4.69, 9.17) is 0 Å². The maximum atomic E-state index is 11.9. The fourth-order valence-corrected chi connectivity index (χ4v) is 2.15. The molecule has 0 atom stereocenters. The normalized spacial score (nSPS) is 10.3. The van der Waals surface area contributed by atoms with Gasteiger partial charge in [-0.2, -0.15) is 0 Å². The van der Waals surface area contributed by atoms with E-state index in [0.29, 0.717) is 13.0 Å². The number of nitrogens with one attached hydrogen (secondary N) is 1. The Kier molecular flexibility index (Phi) is 4.94. The van der Waals surface area contributed by atoms with Crippen LogP contribution in [0.1, 0.15) is 22.3 Å². The van der Waals surface area contributed by atoms with E-state index in [0.717, 1.165) is 12.0 Å². The molecule has 2 aromatic rings. The number of carbonyl (C=O) groups excluding carboxylic acids is 1. The van der Waals surface area contributed by atoms with E-state index in [1.807, 2.05) is 24.3 Å². The van der Waals surface area contributed by atoms with Gasteiger partial charge in [-0.05, 0) is 42.5 Å². The summed E-state index contributed by atoms with van der Waals surface area (Å²) in [7, 11) is 0. The molecule has 2 heteroatoms. The lowest BCUT2D eigenvalue weighted by Crippen LogP contribution is -2.27. The highest BCUT2D eigenvalue weighted by molar-refractivity contribution is 5.78. The van der Waals surface area contributed by atoms with Gasteiger partial charge >= 0.3 is 0 Å². The molecule has 0 bridgehead atoms. The van der Waals surface area contributed by atoms with E-state index < -0.39 is 0 Å². The summed E-state index contributed by atoms with van der Waals surface area (Å²) in [5, 5.41) is 2.97. The first kappa shape index (κ1) is 14.3. The lowest BCUT2D eigenvalue weighted by molar-refractivity contribution is -0.120. The van der Waals surface area contributed by atoms with Crippen LogP contribution in [0.15, 0.2) is 48.5 Å². The van der Waals surface area contributed by atoms with Crippen molar-refractivity contribution in [1.29, 1.82) is 0 Å². The zero-order valence-electron chi connectivity index (χ0n) is 12.1. The van der Waals surface area contributed by atoms with E-state index in [2.05, 4.69) is 43.4 Å². The molecule has 2 aromatic carbocycles. The smallest absolute Gasteiger partial charge is 0.224 e. The molecule has 0 saturated heterocycles. The summed E-state index contributed by atoms with van der Waals surface area (Å²) in [6.45, 7) is 4.85. The molecule has 0 aliphatic rings. The van der Waals surface area contributed by atoms with Crippen LogP contribution >= 0.6 is 0 Å². The van der Waals surface area contributed by atoms with Crippen molar-refractivity contribution in [2.75, 3.05) is 6.54 Å². The third-order valence-electron chi connectivity index (χ3n) is 3.51. The molecule has 0 fully saturated rings. The van der Waals surface area contributed by atoms with Crippen LogP contribution in [0.3, 0.4) is 0 Å². The highest BCUT2D eigenvalue weighted by Crippen LogP contribution is 2.10. The Bertz CT molecular complexity index is 575.